The number of rotatable bonds is 11. The maximum absolute atomic E-state index is 15.7. The van der Waals surface area contributed by atoms with E-state index in [1.807, 2.05) is 0 Å². The lowest BCUT2D eigenvalue weighted by Gasteiger charge is -2.42. The molecular weight excluding hydrogens is 849 g/mol. The van der Waals surface area contributed by atoms with Crippen LogP contribution in [0.1, 0.15) is 31.8 Å². The molecule has 0 radical (unpaired) electrons. The quantitative estimate of drug-likeness (QED) is 0.136. The van der Waals surface area contributed by atoms with Gasteiger partial charge < -0.3 is 5.73 Å². The zero-order valence-electron chi connectivity index (χ0n) is 29.4. The minimum absolute atomic E-state index is 0.121. The molecule has 2 unspecified atom stereocenters. The fraction of sp³-hybridized carbons (Fsp3) is 0.158. The van der Waals surface area contributed by atoms with Crippen LogP contribution in [-0.4, -0.2) is 48.1 Å². The number of benzene rings is 4. The van der Waals surface area contributed by atoms with E-state index in [1.54, 1.807) is 48.5 Å². The molecule has 18 heteroatoms. The van der Waals surface area contributed by atoms with E-state index in [1.165, 1.54) is 17.5 Å². The predicted octanol–water partition coefficient (Wildman–Crippen LogP) is 8.64. The second kappa shape index (κ2) is 15.1. The molecule has 2 heterocycles. The summed E-state index contributed by atoms with van der Waals surface area (Å²) in [6.45, 7) is 2.86. The third kappa shape index (κ3) is 7.05. The number of halogens is 5. The minimum Gasteiger partial charge on any atom is -0.368 e. The number of hydrogen-bond acceptors (Lipinski definition) is 9. The van der Waals surface area contributed by atoms with Gasteiger partial charge in [0.2, 0.25) is 11.8 Å². The fourth-order valence-electron chi connectivity index (χ4n) is 6.01. The summed E-state index contributed by atoms with van der Waals surface area (Å²) in [5.41, 5.74) is 7.04. The number of nitrogens with two attached hydrogens (primary N) is 1. The molecule has 2 N–H and O–H groups in total. The fourth-order valence-corrected chi connectivity index (χ4v) is 10.8. The minimum atomic E-state index is -5.33. The smallest absolute Gasteiger partial charge is 0.250 e. The molecule has 10 nitrogen and oxygen atoms in total. The Hall–Kier alpha value is -4.51. The van der Waals surface area contributed by atoms with Crippen LogP contribution >= 0.6 is 46.1 Å². The van der Waals surface area contributed by atoms with Gasteiger partial charge in [-0.05, 0) is 87.5 Å². The molecule has 6 aromatic rings. The Morgan fingerprint density at radius 2 is 1.30 bits per heavy atom. The van der Waals surface area contributed by atoms with Gasteiger partial charge in [-0.25, -0.2) is 35.6 Å². The first kappa shape index (κ1) is 41.1. The molecule has 2 atom stereocenters. The lowest BCUT2D eigenvalue weighted by atomic mass is 9.96. The Balaban J connectivity index is 1.71. The van der Waals surface area contributed by atoms with E-state index in [0.29, 0.717) is 20.9 Å². The highest BCUT2D eigenvalue weighted by Crippen LogP contribution is 2.47. The van der Waals surface area contributed by atoms with Crippen LogP contribution in [-0.2, 0) is 29.3 Å². The summed E-state index contributed by atoms with van der Waals surface area (Å²) in [7, 11) is -10.4. The van der Waals surface area contributed by atoms with E-state index in [9.17, 15) is 21.6 Å². The average Bonchev–Trinajstić information content (AvgIpc) is 3.62. The molecule has 290 valence electrons. The molecule has 0 aliphatic rings. The van der Waals surface area contributed by atoms with Crippen molar-refractivity contribution in [1.82, 2.24) is 9.97 Å². The van der Waals surface area contributed by atoms with Crippen molar-refractivity contribution in [3.63, 3.8) is 0 Å². The Kier molecular flexibility index (Phi) is 11.1. The van der Waals surface area contributed by atoms with Crippen LogP contribution in [0.5, 0.6) is 0 Å². The molecule has 2 aromatic heterocycles. The number of carbonyl (C=O) groups excluding carboxylic acids is 2. The van der Waals surface area contributed by atoms with Gasteiger partial charge in [-0.15, -0.1) is 11.3 Å². The lowest BCUT2D eigenvalue weighted by Crippen LogP contribution is -2.62. The first-order chi connectivity index (χ1) is 26.2. The molecule has 4 aromatic carbocycles. The Morgan fingerprint density at radius 3 is 1.88 bits per heavy atom. The normalized spacial score (nSPS) is 13.9. The molecular formula is C38H29Cl3F2N4O6S3. The summed E-state index contributed by atoms with van der Waals surface area (Å²) in [5, 5.41) is 1.95. The largest absolute Gasteiger partial charge is 0.368 e. The highest BCUT2D eigenvalue weighted by molar-refractivity contribution is 7.94. The third-order valence-electron chi connectivity index (χ3n) is 9.33. The number of sulfone groups is 2. The van der Waals surface area contributed by atoms with Gasteiger partial charge in [-0.1, -0.05) is 65.1 Å². The molecule has 2 amide bonds. The van der Waals surface area contributed by atoms with Crippen LogP contribution < -0.4 is 10.6 Å². The summed E-state index contributed by atoms with van der Waals surface area (Å²) < 4.78 is 83.9. The van der Waals surface area contributed by atoms with E-state index in [0.717, 1.165) is 68.5 Å². The molecule has 0 saturated heterocycles. The maximum Gasteiger partial charge on any atom is 0.250 e. The van der Waals surface area contributed by atoms with Gasteiger partial charge in [0.25, 0.3) is 0 Å². The van der Waals surface area contributed by atoms with Crippen molar-refractivity contribution in [2.45, 2.75) is 46.1 Å². The van der Waals surface area contributed by atoms with E-state index in [2.05, 4.69) is 9.97 Å². The van der Waals surface area contributed by atoms with Crippen molar-refractivity contribution >= 4 is 94.3 Å². The molecule has 6 rings (SSSR count). The summed E-state index contributed by atoms with van der Waals surface area (Å²) in [6, 6.07) is 19.1. The summed E-state index contributed by atoms with van der Waals surface area (Å²) in [6.07, 6.45) is 0. The van der Waals surface area contributed by atoms with Gasteiger partial charge in [-0.3, -0.25) is 14.5 Å². The molecule has 0 aliphatic heterocycles. The topological polar surface area (TPSA) is 157 Å². The second-order valence-electron chi connectivity index (χ2n) is 13.2. The Labute approximate surface area is 339 Å². The van der Waals surface area contributed by atoms with Gasteiger partial charge in [0.1, 0.15) is 43.0 Å². The lowest BCUT2D eigenvalue weighted by molar-refractivity contribution is -0.122. The molecule has 0 fully saturated rings. The number of nitrogens with zero attached hydrogens (tertiary/aromatic N) is 3. The Morgan fingerprint density at radius 1 is 0.750 bits per heavy atom. The molecule has 0 bridgehead atoms. The van der Waals surface area contributed by atoms with Gasteiger partial charge in [0.05, 0.1) is 11.2 Å². The summed E-state index contributed by atoms with van der Waals surface area (Å²) >= 11 is 18.8. The van der Waals surface area contributed by atoms with Gasteiger partial charge >= 0.3 is 0 Å². The average molecular weight is 878 g/mol. The van der Waals surface area contributed by atoms with Crippen molar-refractivity contribution in [2.75, 3.05) is 4.90 Å². The SMILES string of the molecule is CC(C)(C(=O)N(c1ccc2ccccc2n1)C(c1nc(-c2ccc(Cl)cc2)cs1)C(C)(C(N)=O)S(=O)(=O)c1ccc(Cl)cc1F)S(=O)(=O)c1ccc(Cl)cc1F. The first-order valence-corrected chi connectivity index (χ1v) is 21.3. The predicted molar refractivity (Wildman–Crippen MR) is 213 cm³/mol. The zero-order valence-corrected chi connectivity index (χ0v) is 34.1. The van der Waals surface area contributed by atoms with Crippen molar-refractivity contribution in [3.8, 4) is 11.3 Å². The number of carbonyl (C=O) groups is 2. The molecule has 0 saturated carbocycles. The number of amides is 2. The monoisotopic (exact) mass is 876 g/mol. The summed E-state index contributed by atoms with van der Waals surface area (Å²) in [4.78, 5) is 37.4. The van der Waals surface area contributed by atoms with Gasteiger partial charge in [0.15, 0.2) is 24.4 Å². The van der Waals surface area contributed by atoms with Crippen molar-refractivity contribution in [1.29, 1.82) is 0 Å². The zero-order chi connectivity index (χ0) is 41.0. The van der Waals surface area contributed by atoms with Crippen LogP contribution in [0.15, 0.2) is 112 Å². The van der Waals surface area contributed by atoms with E-state index in [-0.39, 0.29) is 32.1 Å². The third-order valence-corrected chi connectivity index (χ3v) is 15.8. The first-order valence-electron chi connectivity index (χ1n) is 16.3. The number of anilines is 1. The standard InChI is InChI=1S/C38H29Cl3F2N4O6S3/c1-37(2,55(50,51)30-15-13-24(40)18-26(30)42)36(49)47(32-17-10-21-6-4-5-7-28(21)45-32)33(34-46-29(20-54-34)22-8-11-23(39)12-9-22)38(3,35(44)48)56(52,53)31-16-14-25(41)19-27(31)43/h4-20,33H,1-3H3,(H2,44,48). The number of primary amides is 1. The Bertz CT molecular complexity index is 2770. The van der Waals surface area contributed by atoms with Gasteiger partial charge in [0, 0.05) is 31.4 Å². The van der Waals surface area contributed by atoms with Crippen LogP contribution in [0.3, 0.4) is 0 Å². The number of hydrogen-bond donors (Lipinski definition) is 1. The molecule has 56 heavy (non-hydrogen) atoms. The van der Waals surface area contributed by atoms with E-state index < -0.39 is 68.5 Å². The van der Waals surface area contributed by atoms with Crippen molar-refractivity contribution in [2.24, 2.45) is 5.73 Å². The van der Waals surface area contributed by atoms with Crippen LogP contribution in [0, 0.1) is 11.6 Å². The second-order valence-corrected chi connectivity index (χ2v) is 20.1. The van der Waals surface area contributed by atoms with Crippen LogP contribution in [0.2, 0.25) is 15.1 Å². The van der Waals surface area contributed by atoms with Gasteiger partial charge in [-0.2, -0.15) is 0 Å². The number of fused-ring (bicyclic) bond motifs is 1. The van der Waals surface area contributed by atoms with Crippen molar-refractivity contribution < 1.29 is 35.2 Å². The van der Waals surface area contributed by atoms with Crippen LogP contribution in [0.4, 0.5) is 14.6 Å². The molecule has 0 aliphatic carbocycles. The van der Waals surface area contributed by atoms with Crippen molar-refractivity contribution in [3.05, 3.63) is 134 Å². The number of thiazole rings is 1. The highest BCUT2D eigenvalue weighted by atomic mass is 35.5. The number of para-hydroxylation sites is 1. The van der Waals surface area contributed by atoms with Crippen LogP contribution in [0.25, 0.3) is 22.2 Å². The number of aromatic nitrogens is 2. The van der Waals surface area contributed by atoms with E-state index in [4.69, 9.17) is 40.5 Å². The maximum atomic E-state index is 15.7. The molecule has 0 spiro atoms. The highest BCUT2D eigenvalue weighted by Gasteiger charge is 2.60. The number of pyridine rings is 1. The summed E-state index contributed by atoms with van der Waals surface area (Å²) in [5.74, 6) is -5.89. The van der Waals surface area contributed by atoms with E-state index >= 15 is 13.6 Å².